The van der Waals surface area contributed by atoms with E-state index >= 15 is 0 Å². The standard InChI is InChI=1S/C16H12Cl2N2O3/c1-9(10-2-4-12(17)13(18)6-10)19-20-16(21)11-3-5-14-15(7-11)23-8-22-14/h2-7H,8H2,1H3,(H,20,21)/b19-9+. The highest BCUT2D eigenvalue weighted by atomic mass is 35.5. The van der Waals surface area contributed by atoms with Gasteiger partial charge in [0, 0.05) is 5.56 Å². The van der Waals surface area contributed by atoms with E-state index in [1.165, 1.54) is 0 Å². The molecule has 5 nitrogen and oxygen atoms in total. The van der Waals surface area contributed by atoms with Crippen LogP contribution in [0.5, 0.6) is 11.5 Å². The monoisotopic (exact) mass is 350 g/mol. The fourth-order valence-electron chi connectivity index (χ4n) is 2.02. The van der Waals surface area contributed by atoms with Crippen molar-refractivity contribution in [2.45, 2.75) is 6.92 Å². The molecule has 3 rings (SSSR count). The van der Waals surface area contributed by atoms with Crippen LogP contribution < -0.4 is 14.9 Å². The lowest BCUT2D eigenvalue weighted by molar-refractivity contribution is 0.0954. The summed E-state index contributed by atoms with van der Waals surface area (Å²) in [4.78, 5) is 12.1. The van der Waals surface area contributed by atoms with Crippen molar-refractivity contribution >= 4 is 34.8 Å². The van der Waals surface area contributed by atoms with Crippen LogP contribution in [0.4, 0.5) is 0 Å². The number of carbonyl (C=O) groups is 1. The Morgan fingerprint density at radius 2 is 1.78 bits per heavy atom. The second-order valence-electron chi connectivity index (χ2n) is 4.84. The van der Waals surface area contributed by atoms with Crippen LogP contribution in [0.25, 0.3) is 0 Å². The maximum Gasteiger partial charge on any atom is 0.271 e. The molecular formula is C16H12Cl2N2O3. The number of halogens is 2. The van der Waals surface area contributed by atoms with Crippen LogP contribution in [0.2, 0.25) is 10.0 Å². The summed E-state index contributed by atoms with van der Waals surface area (Å²) >= 11 is 11.8. The summed E-state index contributed by atoms with van der Waals surface area (Å²) in [6.45, 7) is 1.93. The van der Waals surface area contributed by atoms with Gasteiger partial charge in [-0.2, -0.15) is 5.10 Å². The van der Waals surface area contributed by atoms with Gasteiger partial charge in [-0.1, -0.05) is 29.3 Å². The molecule has 0 atom stereocenters. The zero-order valence-electron chi connectivity index (χ0n) is 12.1. The lowest BCUT2D eigenvalue weighted by Gasteiger charge is -2.05. The molecule has 2 aromatic rings. The van der Waals surface area contributed by atoms with E-state index < -0.39 is 0 Å². The fourth-order valence-corrected chi connectivity index (χ4v) is 2.32. The summed E-state index contributed by atoms with van der Waals surface area (Å²) < 4.78 is 10.4. The summed E-state index contributed by atoms with van der Waals surface area (Å²) in [6.07, 6.45) is 0. The molecule has 0 spiro atoms. The summed E-state index contributed by atoms with van der Waals surface area (Å²) in [7, 11) is 0. The van der Waals surface area contributed by atoms with E-state index in [1.807, 2.05) is 0 Å². The van der Waals surface area contributed by atoms with Crippen molar-refractivity contribution < 1.29 is 14.3 Å². The fraction of sp³-hybridized carbons (Fsp3) is 0.125. The molecule has 0 aromatic heterocycles. The van der Waals surface area contributed by atoms with E-state index in [4.69, 9.17) is 32.7 Å². The second-order valence-corrected chi connectivity index (χ2v) is 5.65. The molecule has 2 aromatic carbocycles. The highest BCUT2D eigenvalue weighted by molar-refractivity contribution is 6.42. The maximum atomic E-state index is 12.1. The molecule has 0 radical (unpaired) electrons. The van der Waals surface area contributed by atoms with Crippen molar-refractivity contribution in [3.05, 3.63) is 57.6 Å². The van der Waals surface area contributed by atoms with Crippen molar-refractivity contribution in [1.29, 1.82) is 0 Å². The normalized spacial score (nSPS) is 13.1. The molecule has 118 valence electrons. The molecule has 0 bridgehead atoms. The minimum absolute atomic E-state index is 0.162. The smallest absolute Gasteiger partial charge is 0.271 e. The molecule has 0 saturated carbocycles. The Kier molecular flexibility index (Phi) is 4.41. The Hall–Kier alpha value is -2.24. The zero-order chi connectivity index (χ0) is 16.4. The van der Waals surface area contributed by atoms with Crippen molar-refractivity contribution in [3.63, 3.8) is 0 Å². The molecule has 1 amide bonds. The first-order valence-corrected chi connectivity index (χ1v) is 7.50. The van der Waals surface area contributed by atoms with Gasteiger partial charge in [-0.05, 0) is 42.8 Å². The first kappa shape index (κ1) is 15.6. The third-order valence-corrected chi connectivity index (χ3v) is 4.04. The van der Waals surface area contributed by atoms with E-state index in [1.54, 1.807) is 43.3 Å². The third-order valence-electron chi connectivity index (χ3n) is 3.30. The summed E-state index contributed by atoms with van der Waals surface area (Å²) in [5, 5.41) is 4.98. The van der Waals surface area contributed by atoms with Crippen LogP contribution >= 0.6 is 23.2 Å². The van der Waals surface area contributed by atoms with Crippen LogP contribution in [0.15, 0.2) is 41.5 Å². The predicted octanol–water partition coefficient (Wildman–Crippen LogP) is 3.88. The van der Waals surface area contributed by atoms with Crippen molar-refractivity contribution in [2.75, 3.05) is 6.79 Å². The molecular weight excluding hydrogens is 339 g/mol. The number of ether oxygens (including phenoxy) is 2. The Balaban J connectivity index is 1.73. The van der Waals surface area contributed by atoms with Crippen molar-refractivity contribution in [3.8, 4) is 11.5 Å². The van der Waals surface area contributed by atoms with E-state index in [0.717, 1.165) is 5.56 Å². The van der Waals surface area contributed by atoms with Gasteiger partial charge >= 0.3 is 0 Å². The largest absolute Gasteiger partial charge is 0.454 e. The summed E-state index contributed by atoms with van der Waals surface area (Å²) in [5.41, 5.74) is 4.31. The molecule has 0 aliphatic carbocycles. The SMILES string of the molecule is C/C(=N\NC(=O)c1ccc2c(c1)OCO2)c1ccc(Cl)c(Cl)c1. The zero-order valence-corrected chi connectivity index (χ0v) is 13.6. The van der Waals surface area contributed by atoms with E-state index in [-0.39, 0.29) is 12.7 Å². The van der Waals surface area contributed by atoms with Gasteiger partial charge in [-0.25, -0.2) is 5.43 Å². The van der Waals surface area contributed by atoms with Crippen LogP contribution in [0.1, 0.15) is 22.8 Å². The number of fused-ring (bicyclic) bond motifs is 1. The van der Waals surface area contributed by atoms with Gasteiger partial charge in [0.25, 0.3) is 5.91 Å². The molecule has 0 saturated heterocycles. The van der Waals surface area contributed by atoms with Gasteiger partial charge in [0.15, 0.2) is 11.5 Å². The first-order chi connectivity index (χ1) is 11.0. The number of amides is 1. The third kappa shape index (κ3) is 3.41. The van der Waals surface area contributed by atoms with Crippen LogP contribution in [0.3, 0.4) is 0 Å². The quantitative estimate of drug-likeness (QED) is 0.674. The number of hydrogen-bond donors (Lipinski definition) is 1. The maximum absolute atomic E-state index is 12.1. The van der Waals surface area contributed by atoms with Gasteiger partial charge < -0.3 is 9.47 Å². The highest BCUT2D eigenvalue weighted by Crippen LogP contribution is 2.32. The van der Waals surface area contributed by atoms with E-state index in [9.17, 15) is 4.79 Å². The van der Waals surface area contributed by atoms with Crippen molar-refractivity contribution in [1.82, 2.24) is 5.43 Å². The predicted molar refractivity (Wildman–Crippen MR) is 88.7 cm³/mol. The molecule has 1 heterocycles. The minimum atomic E-state index is -0.345. The molecule has 0 unspecified atom stereocenters. The Bertz CT molecular complexity index is 806. The lowest BCUT2D eigenvalue weighted by atomic mass is 10.1. The van der Waals surface area contributed by atoms with Crippen molar-refractivity contribution in [2.24, 2.45) is 5.10 Å². The van der Waals surface area contributed by atoms with E-state index in [2.05, 4.69) is 10.5 Å². The average Bonchev–Trinajstić information content (AvgIpc) is 3.02. The highest BCUT2D eigenvalue weighted by Gasteiger charge is 2.16. The number of rotatable bonds is 3. The number of nitrogens with one attached hydrogen (secondary N) is 1. The molecule has 1 aliphatic rings. The molecule has 0 fully saturated rings. The van der Waals surface area contributed by atoms with Gasteiger partial charge in [0.2, 0.25) is 6.79 Å². The number of carbonyl (C=O) groups excluding carboxylic acids is 1. The molecule has 1 aliphatic heterocycles. The lowest BCUT2D eigenvalue weighted by Crippen LogP contribution is -2.19. The van der Waals surface area contributed by atoms with Gasteiger partial charge in [-0.3, -0.25) is 4.79 Å². The number of nitrogens with zero attached hydrogens (tertiary/aromatic N) is 1. The number of hydrogen-bond acceptors (Lipinski definition) is 4. The molecule has 1 N–H and O–H groups in total. The summed E-state index contributed by atoms with van der Waals surface area (Å²) in [6, 6.07) is 10.1. The Morgan fingerprint density at radius 3 is 2.57 bits per heavy atom. The van der Waals surface area contributed by atoms with Gasteiger partial charge in [-0.15, -0.1) is 0 Å². The average molecular weight is 351 g/mol. The van der Waals surface area contributed by atoms with Gasteiger partial charge in [0.05, 0.1) is 15.8 Å². The topological polar surface area (TPSA) is 59.9 Å². The summed E-state index contributed by atoms with van der Waals surface area (Å²) in [5.74, 6) is 0.822. The van der Waals surface area contributed by atoms with Gasteiger partial charge in [0.1, 0.15) is 0 Å². The van der Waals surface area contributed by atoms with E-state index in [0.29, 0.717) is 32.8 Å². The first-order valence-electron chi connectivity index (χ1n) is 6.74. The number of benzene rings is 2. The minimum Gasteiger partial charge on any atom is -0.454 e. The molecule has 7 heteroatoms. The number of hydrazone groups is 1. The van der Waals surface area contributed by atoms with Crippen LogP contribution in [-0.2, 0) is 0 Å². The van der Waals surface area contributed by atoms with Crippen LogP contribution in [0, 0.1) is 0 Å². The second kappa shape index (κ2) is 6.48. The Morgan fingerprint density at radius 1 is 1.04 bits per heavy atom. The van der Waals surface area contributed by atoms with Crippen LogP contribution in [-0.4, -0.2) is 18.4 Å². The molecule has 23 heavy (non-hydrogen) atoms. The Labute approximate surface area is 142 Å².